The molecule has 5 nitrogen and oxygen atoms in total. The van der Waals surface area contributed by atoms with Gasteiger partial charge in [-0.05, 0) is 18.2 Å². The highest BCUT2D eigenvalue weighted by Gasteiger charge is 2.24. The van der Waals surface area contributed by atoms with Gasteiger partial charge in [-0.3, -0.25) is 0 Å². The van der Waals surface area contributed by atoms with Gasteiger partial charge in [0.1, 0.15) is 0 Å². The van der Waals surface area contributed by atoms with E-state index in [0.717, 1.165) is 7.11 Å². The molecule has 0 saturated heterocycles. The van der Waals surface area contributed by atoms with E-state index in [1.54, 1.807) is 12.3 Å². The van der Waals surface area contributed by atoms with Gasteiger partial charge in [-0.1, -0.05) is 0 Å². The summed E-state index contributed by atoms with van der Waals surface area (Å²) in [7, 11) is -3.00. The topological polar surface area (TPSA) is 76.2 Å². The van der Waals surface area contributed by atoms with Crippen LogP contribution in [0.25, 0.3) is 10.9 Å². The van der Waals surface area contributed by atoms with Crippen molar-refractivity contribution >= 4 is 26.7 Å². The molecule has 2 aromatic rings. The van der Waals surface area contributed by atoms with Gasteiger partial charge >= 0.3 is 5.97 Å². The lowest BCUT2D eigenvalue weighted by atomic mass is 10.1. The van der Waals surface area contributed by atoms with Crippen molar-refractivity contribution in [3.05, 3.63) is 30.0 Å². The normalized spacial score (nSPS) is 11.7. The number of H-pyrrole nitrogens is 1. The van der Waals surface area contributed by atoms with Gasteiger partial charge < -0.3 is 9.72 Å². The number of carbonyl (C=O) groups is 1. The summed E-state index contributed by atoms with van der Waals surface area (Å²) in [4.78, 5) is 14.0. The lowest BCUT2D eigenvalue weighted by Gasteiger charge is -2.07. The second-order valence-corrected chi connectivity index (χ2v) is 5.52. The Morgan fingerprint density at radius 3 is 2.78 bits per heavy atom. The number of halogens is 1. The Morgan fingerprint density at radius 2 is 2.17 bits per heavy atom. The van der Waals surface area contributed by atoms with E-state index in [-0.39, 0.29) is 10.5 Å². The van der Waals surface area contributed by atoms with Crippen LogP contribution in [0.15, 0.2) is 29.3 Å². The number of rotatable bonds is 3. The fraction of sp³-hybridized carbons (Fsp3) is 0.182. The van der Waals surface area contributed by atoms with E-state index in [4.69, 9.17) is 0 Å². The molecule has 1 N–H and O–H groups in total. The molecule has 1 aromatic heterocycles. The zero-order valence-electron chi connectivity index (χ0n) is 9.44. The molecule has 0 unspecified atom stereocenters. The number of benzene rings is 1. The first-order valence-corrected chi connectivity index (χ1v) is 6.63. The van der Waals surface area contributed by atoms with Gasteiger partial charge in [-0.15, -0.1) is 0 Å². The van der Waals surface area contributed by atoms with Gasteiger partial charge in [0.05, 0.1) is 17.6 Å². The number of fused-ring (bicyclic) bond motifs is 1. The second-order valence-electron chi connectivity index (χ2n) is 3.63. The highest BCUT2D eigenvalue weighted by Crippen LogP contribution is 2.24. The molecule has 0 bridgehead atoms. The van der Waals surface area contributed by atoms with Crippen molar-refractivity contribution in [2.24, 2.45) is 0 Å². The van der Waals surface area contributed by atoms with E-state index < -0.39 is 21.8 Å². The first kappa shape index (κ1) is 12.6. The van der Waals surface area contributed by atoms with E-state index in [9.17, 15) is 17.6 Å². The lowest BCUT2D eigenvalue weighted by Crippen LogP contribution is -2.12. The molecule has 7 heteroatoms. The molecule has 0 aliphatic heterocycles. The van der Waals surface area contributed by atoms with Crippen molar-refractivity contribution in [3.8, 4) is 0 Å². The molecule has 0 amide bonds. The first-order valence-electron chi connectivity index (χ1n) is 4.98. The maximum absolute atomic E-state index is 12.6. The minimum absolute atomic E-state index is 0.176. The van der Waals surface area contributed by atoms with Crippen LogP contribution in [0.1, 0.15) is 10.4 Å². The van der Waals surface area contributed by atoms with Crippen molar-refractivity contribution in [1.29, 1.82) is 0 Å². The number of alkyl halides is 1. The average Bonchev–Trinajstić information content (AvgIpc) is 2.83. The third-order valence-corrected chi connectivity index (χ3v) is 3.83. The molecule has 0 atom stereocenters. The number of hydrogen-bond acceptors (Lipinski definition) is 4. The van der Waals surface area contributed by atoms with Gasteiger partial charge in [0.25, 0.3) is 0 Å². The summed E-state index contributed by atoms with van der Waals surface area (Å²) >= 11 is 0. The number of methoxy groups -OCH3 is 1. The van der Waals surface area contributed by atoms with Gasteiger partial charge in [-0.2, -0.15) is 0 Å². The van der Waals surface area contributed by atoms with Crippen LogP contribution < -0.4 is 0 Å². The van der Waals surface area contributed by atoms with Crippen molar-refractivity contribution in [1.82, 2.24) is 4.98 Å². The molecule has 0 spiro atoms. The van der Waals surface area contributed by atoms with Gasteiger partial charge in [0.2, 0.25) is 9.84 Å². The van der Waals surface area contributed by atoms with Crippen LogP contribution in [-0.2, 0) is 14.6 Å². The van der Waals surface area contributed by atoms with Crippen molar-refractivity contribution in [2.45, 2.75) is 4.90 Å². The molecule has 18 heavy (non-hydrogen) atoms. The lowest BCUT2D eigenvalue weighted by molar-refractivity contribution is 0.0596. The van der Waals surface area contributed by atoms with Gasteiger partial charge in [0, 0.05) is 17.1 Å². The predicted molar refractivity (Wildman–Crippen MR) is 62.8 cm³/mol. The van der Waals surface area contributed by atoms with E-state index >= 15 is 0 Å². The highest BCUT2D eigenvalue weighted by molar-refractivity contribution is 7.91. The van der Waals surface area contributed by atoms with Crippen LogP contribution in [0.5, 0.6) is 0 Å². The van der Waals surface area contributed by atoms with Crippen LogP contribution in [0, 0.1) is 0 Å². The second kappa shape index (κ2) is 4.41. The minimum atomic E-state index is -4.13. The Balaban J connectivity index is 2.79. The number of nitrogens with one attached hydrogen (secondary N) is 1. The standard InChI is InChI=1S/C11H10FNO4S/c1-17-11(14)8-5-9-7(2-3-13-9)4-10(8)18(15,16)6-12/h2-5,13H,6H2,1H3. The summed E-state index contributed by atoms with van der Waals surface area (Å²) < 4.78 is 40.3. The smallest absolute Gasteiger partial charge is 0.339 e. The zero-order valence-corrected chi connectivity index (χ0v) is 10.3. The van der Waals surface area contributed by atoms with Gasteiger partial charge in [0.15, 0.2) is 6.01 Å². The summed E-state index contributed by atoms with van der Waals surface area (Å²) in [6, 6.07) is 2.66. The summed E-state index contributed by atoms with van der Waals surface area (Å²) in [5.41, 5.74) is 0.401. The number of carbonyl (C=O) groups excluding carboxylic acids is 1. The van der Waals surface area contributed by atoms with Crippen LogP contribution >= 0.6 is 0 Å². The number of sulfone groups is 1. The summed E-state index contributed by atoms with van der Waals surface area (Å²) in [6.45, 7) is 0. The quantitative estimate of drug-likeness (QED) is 0.861. The molecule has 96 valence electrons. The summed E-state index contributed by atoms with van der Waals surface area (Å²) in [6.07, 6.45) is 1.59. The molecular formula is C11H10FNO4S. The molecule has 1 aromatic carbocycles. The Morgan fingerprint density at radius 1 is 1.44 bits per heavy atom. The Labute approximate surface area is 102 Å². The fourth-order valence-electron chi connectivity index (χ4n) is 1.67. The van der Waals surface area contributed by atoms with Crippen molar-refractivity contribution < 1.29 is 22.3 Å². The zero-order chi connectivity index (χ0) is 13.3. The van der Waals surface area contributed by atoms with Gasteiger partial charge in [-0.25, -0.2) is 17.6 Å². The number of ether oxygens (including phenoxy) is 1. The molecule has 0 fully saturated rings. The maximum Gasteiger partial charge on any atom is 0.339 e. The van der Waals surface area contributed by atoms with E-state index in [1.165, 1.54) is 12.1 Å². The van der Waals surface area contributed by atoms with Crippen molar-refractivity contribution in [2.75, 3.05) is 13.1 Å². The third kappa shape index (κ3) is 1.97. The van der Waals surface area contributed by atoms with E-state index in [1.807, 2.05) is 0 Å². The summed E-state index contributed by atoms with van der Waals surface area (Å²) in [5.74, 6) is -0.821. The number of aromatic amines is 1. The molecule has 1 heterocycles. The average molecular weight is 271 g/mol. The highest BCUT2D eigenvalue weighted by atomic mass is 32.2. The predicted octanol–water partition coefficient (Wildman–Crippen LogP) is 1.66. The van der Waals surface area contributed by atoms with Crippen LogP contribution in [-0.4, -0.2) is 32.5 Å². The maximum atomic E-state index is 12.6. The minimum Gasteiger partial charge on any atom is -0.465 e. The molecule has 0 aliphatic rings. The van der Waals surface area contributed by atoms with Crippen LogP contribution in [0.2, 0.25) is 0 Å². The molecule has 0 aliphatic carbocycles. The van der Waals surface area contributed by atoms with E-state index in [2.05, 4.69) is 9.72 Å². The number of hydrogen-bond donors (Lipinski definition) is 1. The van der Waals surface area contributed by atoms with E-state index in [0.29, 0.717) is 10.9 Å². The monoisotopic (exact) mass is 271 g/mol. The van der Waals surface area contributed by atoms with Crippen LogP contribution in [0.3, 0.4) is 0 Å². The van der Waals surface area contributed by atoms with Crippen molar-refractivity contribution in [3.63, 3.8) is 0 Å². The fourth-order valence-corrected chi connectivity index (χ4v) is 2.57. The molecular weight excluding hydrogens is 261 g/mol. The SMILES string of the molecule is COC(=O)c1cc2[nH]ccc2cc1S(=O)(=O)CF. The Kier molecular flexibility index (Phi) is 3.08. The largest absolute Gasteiger partial charge is 0.465 e. The summed E-state index contributed by atoms with van der Waals surface area (Å²) in [5, 5.41) is 0.578. The molecule has 2 rings (SSSR count). The molecule has 0 saturated carbocycles. The number of esters is 1. The first-order chi connectivity index (χ1) is 8.49. The Bertz CT molecular complexity index is 705. The Hall–Kier alpha value is -1.89. The number of aromatic nitrogens is 1. The third-order valence-electron chi connectivity index (χ3n) is 2.54. The molecule has 0 radical (unpaired) electrons. The van der Waals surface area contributed by atoms with Crippen LogP contribution in [0.4, 0.5) is 4.39 Å².